The van der Waals surface area contributed by atoms with Crippen molar-refractivity contribution >= 4 is 31.6 Å². The lowest BCUT2D eigenvalue weighted by molar-refractivity contribution is 0.312. The van der Waals surface area contributed by atoms with E-state index >= 15 is 0 Å². The number of hydrogen-bond donors (Lipinski definition) is 1. The molecular weight excluding hydrogens is 488 g/mol. The van der Waals surface area contributed by atoms with Gasteiger partial charge in [0.15, 0.2) is 0 Å². The average molecular weight is 514 g/mol. The molecule has 0 bridgehead atoms. The molecule has 0 saturated carbocycles. The first-order valence-electron chi connectivity index (χ1n) is 10.4. The Kier molecular flexibility index (Phi) is 6.40. The number of rotatable bonds is 4. The Morgan fingerprint density at radius 3 is 2.48 bits per heavy atom. The Morgan fingerprint density at radius 2 is 1.77 bits per heavy atom. The molecule has 0 unspecified atom stereocenters. The summed E-state index contributed by atoms with van der Waals surface area (Å²) in [5.74, 6) is -1.80. The van der Waals surface area contributed by atoms with Crippen LogP contribution in [-0.2, 0) is 22.9 Å². The fourth-order valence-corrected chi connectivity index (χ4v) is 6.13. The maximum Gasteiger partial charge on any atom is 0.243 e. The van der Waals surface area contributed by atoms with Gasteiger partial charge in [-0.2, -0.15) is 0 Å². The third-order valence-corrected chi connectivity index (χ3v) is 8.41. The van der Waals surface area contributed by atoms with Crippen molar-refractivity contribution in [3.8, 4) is 0 Å². The number of aryl methyl sites for hydroxylation is 1. The van der Waals surface area contributed by atoms with E-state index in [1.54, 1.807) is 0 Å². The number of sulfonamides is 1. The van der Waals surface area contributed by atoms with Crippen molar-refractivity contribution in [2.45, 2.75) is 37.1 Å². The number of piperazine rings is 1. The molecule has 2 aromatic carbocycles. The predicted octanol–water partition coefficient (Wildman–Crippen LogP) is 3.62. The molecule has 0 radical (unpaired) electrons. The first-order chi connectivity index (χ1) is 14.7. The van der Waals surface area contributed by atoms with Crippen LogP contribution in [0.3, 0.4) is 0 Å². The topological polar surface area (TPSA) is 52.6 Å². The van der Waals surface area contributed by atoms with E-state index in [0.29, 0.717) is 12.8 Å². The summed E-state index contributed by atoms with van der Waals surface area (Å²) in [5.41, 5.74) is 4.78. The summed E-state index contributed by atoms with van der Waals surface area (Å²) in [6.45, 7) is 5.88. The standard InChI is InChI=1S/C22H26BrF2N3O2S/c1-14-3-6-21(28-9-7-27(2)8-10-28)17-11-15(4-5-16(14)17)26-31(29,30)22-13-19(24)18(23)12-20(22)25/h3,6,12-13,15,26H,4-5,7-11H2,1-2H3/t15-/m1/s1. The lowest BCUT2D eigenvalue weighted by Gasteiger charge is -2.37. The van der Waals surface area contributed by atoms with Crippen LogP contribution >= 0.6 is 15.9 Å². The molecule has 9 heteroatoms. The smallest absolute Gasteiger partial charge is 0.243 e. The second kappa shape index (κ2) is 8.77. The summed E-state index contributed by atoms with van der Waals surface area (Å²) in [4.78, 5) is 3.99. The van der Waals surface area contributed by atoms with Gasteiger partial charge in [0, 0.05) is 37.9 Å². The normalized spacial score (nSPS) is 20.0. The molecule has 2 aromatic rings. The summed E-state index contributed by atoms with van der Waals surface area (Å²) in [6.07, 6.45) is 1.88. The number of nitrogens with zero attached hydrogens (tertiary/aromatic N) is 2. The van der Waals surface area contributed by atoms with E-state index in [9.17, 15) is 17.2 Å². The monoisotopic (exact) mass is 513 g/mol. The lowest BCUT2D eigenvalue weighted by Crippen LogP contribution is -2.45. The van der Waals surface area contributed by atoms with Gasteiger partial charge in [-0.05, 0) is 84.1 Å². The van der Waals surface area contributed by atoms with Crippen molar-refractivity contribution in [1.29, 1.82) is 0 Å². The van der Waals surface area contributed by atoms with Crippen LogP contribution in [-0.4, -0.2) is 52.6 Å². The van der Waals surface area contributed by atoms with Crippen molar-refractivity contribution in [3.63, 3.8) is 0 Å². The lowest BCUT2D eigenvalue weighted by atomic mass is 9.84. The first-order valence-corrected chi connectivity index (χ1v) is 12.6. The molecule has 0 aromatic heterocycles. The van der Waals surface area contributed by atoms with Gasteiger partial charge in [-0.1, -0.05) is 6.07 Å². The molecule has 0 spiro atoms. The van der Waals surface area contributed by atoms with E-state index in [1.165, 1.54) is 11.1 Å². The fourth-order valence-electron chi connectivity index (χ4n) is 4.48. The van der Waals surface area contributed by atoms with E-state index in [-0.39, 0.29) is 10.5 Å². The summed E-state index contributed by atoms with van der Waals surface area (Å²) in [6, 6.07) is 5.45. The number of anilines is 1. The first kappa shape index (κ1) is 22.6. The highest BCUT2D eigenvalue weighted by atomic mass is 79.9. The Bertz CT molecular complexity index is 1100. The number of hydrogen-bond acceptors (Lipinski definition) is 4. The molecule has 1 heterocycles. The zero-order chi connectivity index (χ0) is 22.3. The third-order valence-electron chi connectivity index (χ3n) is 6.26. The van der Waals surface area contributed by atoms with Crippen molar-refractivity contribution in [3.05, 3.63) is 57.1 Å². The molecule has 2 aliphatic rings. The quantitative estimate of drug-likeness (QED) is 0.634. The zero-order valence-electron chi connectivity index (χ0n) is 17.6. The van der Waals surface area contributed by atoms with E-state index < -0.39 is 26.6 Å². The van der Waals surface area contributed by atoms with Crippen LogP contribution in [0.1, 0.15) is 23.1 Å². The van der Waals surface area contributed by atoms with Gasteiger partial charge < -0.3 is 9.80 Å². The largest absolute Gasteiger partial charge is 0.369 e. The Morgan fingerprint density at radius 1 is 1.06 bits per heavy atom. The molecule has 1 aliphatic heterocycles. The van der Waals surface area contributed by atoms with E-state index in [1.807, 2.05) is 0 Å². The van der Waals surface area contributed by atoms with E-state index in [4.69, 9.17) is 0 Å². The highest BCUT2D eigenvalue weighted by molar-refractivity contribution is 9.10. The molecular formula is C22H26BrF2N3O2S. The maximum atomic E-state index is 14.3. The van der Waals surface area contributed by atoms with Crippen molar-refractivity contribution in [2.75, 3.05) is 38.1 Å². The molecule has 1 fully saturated rings. The van der Waals surface area contributed by atoms with Gasteiger partial charge in [-0.25, -0.2) is 21.9 Å². The van der Waals surface area contributed by atoms with Crippen molar-refractivity contribution in [1.82, 2.24) is 9.62 Å². The Balaban J connectivity index is 1.60. The Labute approximate surface area is 190 Å². The predicted molar refractivity (Wildman–Crippen MR) is 121 cm³/mol. The fraction of sp³-hybridized carbons (Fsp3) is 0.455. The average Bonchev–Trinajstić information content (AvgIpc) is 2.71. The highest BCUT2D eigenvalue weighted by Gasteiger charge is 2.30. The summed E-state index contributed by atoms with van der Waals surface area (Å²) >= 11 is 2.88. The van der Waals surface area contributed by atoms with Crippen LogP contribution in [0, 0.1) is 18.6 Å². The second-order valence-corrected chi connectivity index (χ2v) is 10.9. The molecule has 168 valence electrons. The number of likely N-dealkylation sites (N-methyl/N-ethyl adjacent to an activating group) is 1. The molecule has 1 N–H and O–H groups in total. The summed E-state index contributed by atoms with van der Waals surface area (Å²) in [5, 5.41) is 0. The van der Waals surface area contributed by atoms with Gasteiger partial charge in [0.25, 0.3) is 0 Å². The van der Waals surface area contributed by atoms with Gasteiger partial charge in [-0.15, -0.1) is 0 Å². The molecule has 31 heavy (non-hydrogen) atoms. The van der Waals surface area contributed by atoms with Crippen LogP contribution in [0.15, 0.2) is 33.6 Å². The zero-order valence-corrected chi connectivity index (χ0v) is 20.0. The third kappa shape index (κ3) is 4.65. The molecule has 5 nitrogen and oxygen atoms in total. The number of nitrogens with one attached hydrogen (secondary N) is 1. The molecule has 1 atom stereocenters. The van der Waals surface area contributed by atoms with Gasteiger partial charge in [-0.3, -0.25) is 0 Å². The minimum absolute atomic E-state index is 0.108. The molecule has 1 aliphatic carbocycles. The Hall–Kier alpha value is -1.55. The van der Waals surface area contributed by atoms with Gasteiger partial charge in [0.2, 0.25) is 10.0 Å². The van der Waals surface area contributed by atoms with Crippen LogP contribution in [0.25, 0.3) is 0 Å². The minimum Gasteiger partial charge on any atom is -0.369 e. The molecule has 4 rings (SSSR count). The van der Waals surface area contributed by atoms with Crippen LogP contribution in [0.5, 0.6) is 0 Å². The molecule has 1 saturated heterocycles. The SMILES string of the molecule is Cc1ccc(N2CCN(C)CC2)c2c1CC[C@@H](NS(=O)(=O)c1cc(F)c(Br)cc1F)C2. The summed E-state index contributed by atoms with van der Waals surface area (Å²) in [7, 11) is -2.09. The van der Waals surface area contributed by atoms with Crippen molar-refractivity contribution in [2.24, 2.45) is 0 Å². The van der Waals surface area contributed by atoms with Crippen LogP contribution in [0.2, 0.25) is 0 Å². The number of fused-ring (bicyclic) bond motifs is 1. The van der Waals surface area contributed by atoms with Crippen LogP contribution < -0.4 is 9.62 Å². The second-order valence-electron chi connectivity index (χ2n) is 8.41. The van der Waals surface area contributed by atoms with Crippen LogP contribution in [0.4, 0.5) is 14.5 Å². The maximum absolute atomic E-state index is 14.3. The van der Waals surface area contributed by atoms with Crippen molar-refractivity contribution < 1.29 is 17.2 Å². The van der Waals surface area contributed by atoms with Gasteiger partial charge in [0.1, 0.15) is 16.5 Å². The van der Waals surface area contributed by atoms with Gasteiger partial charge in [0.05, 0.1) is 4.47 Å². The van der Waals surface area contributed by atoms with E-state index in [2.05, 4.69) is 56.6 Å². The number of halogens is 3. The van der Waals surface area contributed by atoms with E-state index in [0.717, 1.165) is 56.0 Å². The highest BCUT2D eigenvalue weighted by Crippen LogP contribution is 2.34. The molecule has 0 amide bonds. The van der Waals surface area contributed by atoms with Gasteiger partial charge >= 0.3 is 0 Å². The number of benzene rings is 2. The minimum atomic E-state index is -4.19. The summed E-state index contributed by atoms with van der Waals surface area (Å²) < 4.78 is 56.4.